The van der Waals surface area contributed by atoms with Crippen LogP contribution in [0.1, 0.15) is 38.5 Å². The van der Waals surface area contributed by atoms with Crippen LogP contribution in [0, 0.1) is 5.92 Å². The lowest BCUT2D eigenvalue weighted by Crippen LogP contribution is -2.56. The quantitative estimate of drug-likeness (QED) is 0.124. The second kappa shape index (κ2) is 15.1. The number of carboxylic acid groups (broad SMARTS) is 3. The molecule has 0 amide bonds. The zero-order valence-electron chi connectivity index (χ0n) is 20.7. The number of nitrogens with two attached hydrogens (primary N) is 2. The average Bonchev–Trinajstić information content (AvgIpc) is 3.13. The summed E-state index contributed by atoms with van der Waals surface area (Å²) in [5, 5.41) is 41.6. The van der Waals surface area contributed by atoms with Crippen molar-refractivity contribution in [3.63, 3.8) is 0 Å². The molecule has 0 bridgehead atoms. The van der Waals surface area contributed by atoms with Gasteiger partial charge in [-0.2, -0.15) is 43.8 Å². The summed E-state index contributed by atoms with van der Waals surface area (Å²) in [5.74, 6) is -7.39. The molecule has 1 aliphatic carbocycles. The molecule has 1 saturated carbocycles. The molecule has 1 saturated heterocycles. The number of carbonyl (C=O) groups is 3. The molecule has 22 heteroatoms. The van der Waals surface area contributed by atoms with E-state index in [2.05, 4.69) is 4.72 Å². The van der Waals surface area contributed by atoms with Crippen molar-refractivity contribution in [3.05, 3.63) is 0 Å². The Balaban J connectivity index is 0.000000894. The fraction of sp³-hybridized carbons (Fsp3) is 0.833. The Morgan fingerprint density at radius 3 is 1.80 bits per heavy atom. The van der Waals surface area contributed by atoms with E-state index in [1.807, 2.05) is 0 Å². The van der Waals surface area contributed by atoms with E-state index >= 15 is 0 Å². The van der Waals surface area contributed by atoms with E-state index in [0.29, 0.717) is 12.8 Å². The number of alkyl halides is 6. The van der Waals surface area contributed by atoms with Gasteiger partial charge >= 0.3 is 37.4 Å². The molecule has 2 fully saturated rings. The second-order valence-electron chi connectivity index (χ2n) is 9.03. The summed E-state index contributed by atoms with van der Waals surface area (Å²) < 4.78 is 92.6. The Hall–Kier alpha value is -2.24. The number of aliphatic carboxylic acids is 3. The molecule has 2 rings (SSSR count). The maximum absolute atomic E-state index is 12.7. The Kier molecular flexibility index (Phi) is 14.3. The molecule has 234 valence electrons. The van der Waals surface area contributed by atoms with Crippen molar-refractivity contribution in [1.82, 2.24) is 9.03 Å². The van der Waals surface area contributed by atoms with Crippen molar-refractivity contribution in [2.75, 3.05) is 13.1 Å². The zero-order valence-corrected chi connectivity index (χ0v) is 21.5. The third kappa shape index (κ3) is 12.5. The largest absolute Gasteiger partial charge is 0.490 e. The van der Waals surface area contributed by atoms with Crippen LogP contribution in [0.5, 0.6) is 0 Å². The van der Waals surface area contributed by atoms with E-state index in [1.54, 1.807) is 0 Å². The van der Waals surface area contributed by atoms with Gasteiger partial charge in [0.25, 0.3) is 10.2 Å². The van der Waals surface area contributed by atoms with Crippen molar-refractivity contribution in [2.45, 2.75) is 74.8 Å². The average molecular weight is 620 g/mol. The van der Waals surface area contributed by atoms with E-state index < -0.39 is 59.0 Å². The van der Waals surface area contributed by atoms with Crippen LogP contribution in [0.25, 0.3) is 0 Å². The maximum Gasteiger partial charge on any atom is 0.490 e. The van der Waals surface area contributed by atoms with E-state index in [-0.39, 0.29) is 37.9 Å². The van der Waals surface area contributed by atoms with Gasteiger partial charge in [-0.25, -0.2) is 9.59 Å². The van der Waals surface area contributed by atoms with E-state index in [0.717, 1.165) is 23.6 Å². The van der Waals surface area contributed by atoms with Gasteiger partial charge in [0.15, 0.2) is 0 Å². The highest BCUT2D eigenvalue weighted by molar-refractivity contribution is 7.87. The minimum atomic E-state index is -5.08. The first-order valence-corrected chi connectivity index (χ1v) is 12.9. The summed E-state index contributed by atoms with van der Waals surface area (Å²) in [6.45, 7) is -0.354. The minimum absolute atomic E-state index is 0.0262. The van der Waals surface area contributed by atoms with Crippen LogP contribution in [0.3, 0.4) is 0 Å². The van der Waals surface area contributed by atoms with Crippen molar-refractivity contribution >= 4 is 35.2 Å². The highest BCUT2D eigenvalue weighted by Crippen LogP contribution is 2.32. The molecule has 2 aliphatic rings. The van der Waals surface area contributed by atoms with Gasteiger partial charge in [0.2, 0.25) is 0 Å². The molecule has 4 atom stereocenters. The highest BCUT2D eigenvalue weighted by atomic mass is 32.2. The van der Waals surface area contributed by atoms with Gasteiger partial charge in [0.05, 0.1) is 0 Å². The van der Waals surface area contributed by atoms with Crippen LogP contribution in [0.2, 0.25) is 6.32 Å². The Morgan fingerprint density at radius 2 is 1.43 bits per heavy atom. The van der Waals surface area contributed by atoms with Crippen LogP contribution < -0.4 is 16.2 Å². The molecule has 0 aromatic rings. The van der Waals surface area contributed by atoms with Crippen LogP contribution in [-0.4, -0.2) is 106 Å². The lowest BCUT2D eigenvalue weighted by atomic mass is 9.78. The summed E-state index contributed by atoms with van der Waals surface area (Å²) >= 11 is 0. The molecular weight excluding hydrogens is 589 g/mol. The molecule has 1 aliphatic heterocycles. The number of carboxylic acids is 3. The molecule has 10 N–H and O–H groups in total. The van der Waals surface area contributed by atoms with E-state index in [4.69, 9.17) is 41.3 Å². The number of nitrogens with one attached hydrogen (secondary N) is 1. The molecule has 1 heterocycles. The molecule has 40 heavy (non-hydrogen) atoms. The smallest absolute Gasteiger partial charge is 0.480 e. The number of nitrogens with zero attached hydrogens (tertiary/aromatic N) is 1. The van der Waals surface area contributed by atoms with Crippen LogP contribution in [0.4, 0.5) is 26.3 Å². The van der Waals surface area contributed by atoms with Gasteiger partial charge in [0, 0.05) is 31.1 Å². The molecular formula is C18H31BF6N4O10S. The fourth-order valence-corrected chi connectivity index (χ4v) is 5.37. The van der Waals surface area contributed by atoms with Gasteiger partial charge in [-0.15, -0.1) is 0 Å². The Labute approximate surface area is 224 Å². The van der Waals surface area contributed by atoms with Crippen LogP contribution >= 0.6 is 0 Å². The third-order valence-corrected chi connectivity index (χ3v) is 7.51. The molecule has 1 unspecified atom stereocenters. The number of rotatable bonds is 8. The van der Waals surface area contributed by atoms with Gasteiger partial charge in [-0.3, -0.25) is 4.79 Å². The summed E-state index contributed by atoms with van der Waals surface area (Å²) in [5.41, 5.74) is 10.3. The summed E-state index contributed by atoms with van der Waals surface area (Å²) in [6, 6.07) is -0.626. The number of halogens is 6. The molecule has 0 spiro atoms. The Morgan fingerprint density at radius 1 is 0.975 bits per heavy atom. The summed E-state index contributed by atoms with van der Waals surface area (Å²) in [6.07, 6.45) is -6.21. The van der Waals surface area contributed by atoms with Crippen molar-refractivity contribution in [3.8, 4) is 0 Å². The normalized spacial score (nSPS) is 25.6. The zero-order chi connectivity index (χ0) is 31.7. The number of hydrogen-bond acceptors (Lipinski definition) is 9. The van der Waals surface area contributed by atoms with E-state index in [9.17, 15) is 44.7 Å². The standard InChI is InChI=1S/C14H29BN4O6S.2C2HF3O2/c16-11-5-1-2-6-12(11)18-26(24,25)19-8-10(4-3-7-15(22)23)14(17,9-19)13(20)21;2*3-2(4,5)1(6)7/h10-12,18,22-23H,1-9,16-17H2,(H,20,21);2*(H,6,7)/t10-,11-,12?,14-;;/m0../s1. The molecule has 0 aromatic carbocycles. The van der Waals surface area contributed by atoms with Gasteiger partial charge in [-0.05, 0) is 25.6 Å². The fourth-order valence-electron chi connectivity index (χ4n) is 3.79. The maximum atomic E-state index is 12.7. The van der Waals surface area contributed by atoms with Crippen molar-refractivity contribution in [2.24, 2.45) is 17.4 Å². The predicted octanol–water partition coefficient (Wildman–Crippen LogP) is -0.676. The lowest BCUT2D eigenvalue weighted by Gasteiger charge is -2.30. The van der Waals surface area contributed by atoms with E-state index in [1.165, 1.54) is 0 Å². The number of hydrogen-bond donors (Lipinski definition) is 8. The molecule has 14 nitrogen and oxygen atoms in total. The van der Waals surface area contributed by atoms with Crippen LogP contribution in [-0.2, 0) is 24.6 Å². The minimum Gasteiger partial charge on any atom is -0.480 e. The highest BCUT2D eigenvalue weighted by Gasteiger charge is 2.52. The van der Waals surface area contributed by atoms with Gasteiger partial charge < -0.3 is 36.8 Å². The molecule has 0 aromatic heterocycles. The third-order valence-electron chi connectivity index (χ3n) is 5.95. The summed E-state index contributed by atoms with van der Waals surface area (Å²) in [7, 11) is -5.39. The predicted molar refractivity (Wildman–Crippen MR) is 124 cm³/mol. The van der Waals surface area contributed by atoms with Gasteiger partial charge in [0.1, 0.15) is 5.54 Å². The van der Waals surface area contributed by atoms with Gasteiger partial charge in [-0.1, -0.05) is 19.3 Å². The summed E-state index contributed by atoms with van der Waals surface area (Å²) in [4.78, 5) is 29.5. The first-order valence-electron chi connectivity index (χ1n) is 11.5. The van der Waals surface area contributed by atoms with Crippen molar-refractivity contribution in [1.29, 1.82) is 0 Å². The van der Waals surface area contributed by atoms with Crippen molar-refractivity contribution < 1.29 is 74.5 Å². The topological polar surface area (TPSA) is 254 Å². The first-order chi connectivity index (χ1) is 17.9. The van der Waals surface area contributed by atoms with Crippen LogP contribution in [0.15, 0.2) is 0 Å². The SMILES string of the molecule is N[C@H]1CCCCC1NS(=O)(=O)N1C[C@H](CCCB(O)O)[C@](N)(C(=O)O)C1.O=C(O)C(F)(F)F.O=C(O)C(F)(F)F. The molecule has 0 radical (unpaired) electrons. The lowest BCUT2D eigenvalue weighted by molar-refractivity contribution is -0.193. The monoisotopic (exact) mass is 620 g/mol. The Bertz CT molecular complexity index is 948. The second-order valence-corrected chi connectivity index (χ2v) is 10.7. The first kappa shape index (κ1) is 37.8.